The van der Waals surface area contributed by atoms with Crippen molar-refractivity contribution in [1.82, 2.24) is 0 Å². The van der Waals surface area contributed by atoms with Gasteiger partial charge in [-0.3, -0.25) is 0 Å². The van der Waals surface area contributed by atoms with Crippen LogP contribution >= 0.6 is 24.0 Å². The molecular formula is C6H9NS2. The monoisotopic (exact) mass is 159 g/mol. The van der Waals surface area contributed by atoms with Crippen LogP contribution in [-0.4, -0.2) is 9.45 Å². The molecule has 1 nitrogen and oxygen atoms in total. The fourth-order valence-corrected chi connectivity index (χ4v) is 1.35. The average molecular weight is 159 g/mol. The smallest absolute Gasteiger partial charge is 0.0940 e. The topological polar surface area (TPSA) is 23.8 Å². The van der Waals surface area contributed by atoms with Crippen LogP contribution in [0, 0.1) is 11.3 Å². The molecule has 0 bridgehead atoms. The minimum atomic E-state index is 0.0115. The molecule has 0 aromatic rings. The molecule has 0 fully saturated rings. The molecule has 0 N–H and O–H groups in total. The van der Waals surface area contributed by atoms with Crippen LogP contribution in [0.25, 0.3) is 0 Å². The van der Waals surface area contributed by atoms with Gasteiger partial charge in [-0.2, -0.15) is 5.26 Å². The lowest BCUT2D eigenvalue weighted by Gasteiger charge is -1.99. The lowest BCUT2D eigenvalue weighted by atomic mass is 10.5. The number of nitrogens with zero attached hydrogens (tertiary/aromatic N) is 1. The highest BCUT2D eigenvalue weighted by Crippen LogP contribution is 2.13. The highest BCUT2D eigenvalue weighted by atomic mass is 32.2. The minimum Gasteiger partial charge on any atom is -0.197 e. The van der Waals surface area contributed by atoms with Crippen LogP contribution in [0.5, 0.6) is 0 Å². The third kappa shape index (κ3) is 4.43. The van der Waals surface area contributed by atoms with Gasteiger partial charge in [0, 0.05) is 4.20 Å². The second-order valence-corrected chi connectivity index (χ2v) is 3.80. The summed E-state index contributed by atoms with van der Waals surface area (Å²) < 4.78 is 0.920. The Kier molecular flexibility index (Phi) is 4.74. The van der Waals surface area contributed by atoms with Crippen LogP contribution in [0.1, 0.15) is 20.3 Å². The van der Waals surface area contributed by atoms with Crippen LogP contribution in [0.15, 0.2) is 0 Å². The first-order chi connectivity index (χ1) is 4.20. The van der Waals surface area contributed by atoms with E-state index in [0.717, 1.165) is 10.6 Å². The van der Waals surface area contributed by atoms with E-state index in [1.54, 1.807) is 0 Å². The molecule has 0 aliphatic rings. The van der Waals surface area contributed by atoms with E-state index in [0.29, 0.717) is 0 Å². The van der Waals surface area contributed by atoms with Crippen molar-refractivity contribution in [2.24, 2.45) is 0 Å². The number of thiocarbonyl (C=S) groups is 1. The molecule has 0 saturated heterocycles. The second kappa shape index (κ2) is 4.78. The van der Waals surface area contributed by atoms with Crippen molar-refractivity contribution in [1.29, 1.82) is 5.26 Å². The molecule has 0 aromatic heterocycles. The van der Waals surface area contributed by atoms with E-state index < -0.39 is 0 Å². The summed E-state index contributed by atoms with van der Waals surface area (Å²) in [6, 6.07) is 2.11. The molecule has 0 aliphatic heterocycles. The first-order valence-corrected chi connectivity index (χ1v) is 4.08. The highest BCUT2D eigenvalue weighted by molar-refractivity contribution is 8.23. The normalized spacial score (nSPS) is 12.1. The zero-order chi connectivity index (χ0) is 7.28. The van der Waals surface area contributed by atoms with Gasteiger partial charge in [0.2, 0.25) is 0 Å². The van der Waals surface area contributed by atoms with Crippen molar-refractivity contribution in [3.63, 3.8) is 0 Å². The van der Waals surface area contributed by atoms with Crippen LogP contribution in [0.3, 0.4) is 0 Å². The van der Waals surface area contributed by atoms with Gasteiger partial charge in [0.1, 0.15) is 0 Å². The second-order valence-electron chi connectivity index (χ2n) is 1.61. The Morgan fingerprint density at radius 2 is 2.44 bits per heavy atom. The molecular weight excluding hydrogens is 150 g/mol. The summed E-state index contributed by atoms with van der Waals surface area (Å²) in [5, 5.41) is 8.36. The van der Waals surface area contributed by atoms with Gasteiger partial charge >= 0.3 is 0 Å². The fraction of sp³-hybridized carbons (Fsp3) is 0.667. The van der Waals surface area contributed by atoms with Crippen molar-refractivity contribution in [2.45, 2.75) is 25.5 Å². The van der Waals surface area contributed by atoms with Crippen molar-refractivity contribution in [2.75, 3.05) is 0 Å². The van der Waals surface area contributed by atoms with Crippen molar-refractivity contribution < 1.29 is 0 Å². The van der Waals surface area contributed by atoms with E-state index in [4.69, 9.17) is 17.5 Å². The Labute approximate surface area is 65.4 Å². The van der Waals surface area contributed by atoms with E-state index in [2.05, 4.69) is 6.07 Å². The van der Waals surface area contributed by atoms with Gasteiger partial charge in [-0.15, -0.1) is 11.8 Å². The van der Waals surface area contributed by atoms with Crippen LogP contribution in [0.2, 0.25) is 0 Å². The first kappa shape index (κ1) is 8.93. The van der Waals surface area contributed by atoms with Gasteiger partial charge in [-0.1, -0.05) is 19.1 Å². The Balaban J connectivity index is 3.50. The molecule has 0 rings (SSSR count). The van der Waals surface area contributed by atoms with E-state index >= 15 is 0 Å². The zero-order valence-electron chi connectivity index (χ0n) is 5.55. The fourth-order valence-electron chi connectivity index (χ4n) is 0.307. The summed E-state index contributed by atoms with van der Waals surface area (Å²) in [7, 11) is 0. The van der Waals surface area contributed by atoms with Crippen molar-refractivity contribution in [3.05, 3.63) is 0 Å². The van der Waals surface area contributed by atoms with Gasteiger partial charge in [0.15, 0.2) is 0 Å². The summed E-state index contributed by atoms with van der Waals surface area (Å²) in [5.74, 6) is 0. The maximum Gasteiger partial charge on any atom is 0.0940 e. The molecule has 0 saturated carbocycles. The molecule has 1 unspecified atom stereocenters. The summed E-state index contributed by atoms with van der Waals surface area (Å²) >= 11 is 6.38. The number of hydrogen-bond acceptors (Lipinski definition) is 3. The van der Waals surface area contributed by atoms with E-state index in [9.17, 15) is 0 Å². The van der Waals surface area contributed by atoms with Gasteiger partial charge < -0.3 is 0 Å². The molecule has 0 spiro atoms. The van der Waals surface area contributed by atoms with Crippen LogP contribution in [-0.2, 0) is 0 Å². The van der Waals surface area contributed by atoms with Crippen LogP contribution in [0.4, 0.5) is 0 Å². The lowest BCUT2D eigenvalue weighted by molar-refractivity contribution is 1.25. The maximum atomic E-state index is 8.35. The molecule has 3 heteroatoms. The zero-order valence-corrected chi connectivity index (χ0v) is 7.18. The predicted octanol–water partition coefficient (Wildman–Crippen LogP) is 2.37. The molecule has 1 atom stereocenters. The molecule has 0 heterocycles. The summed E-state index contributed by atoms with van der Waals surface area (Å²) in [4.78, 5) is 0. The third-order valence-electron chi connectivity index (χ3n) is 0.779. The minimum absolute atomic E-state index is 0.0115. The lowest BCUT2D eigenvalue weighted by Crippen LogP contribution is -1.95. The first-order valence-electron chi connectivity index (χ1n) is 2.79. The van der Waals surface area contributed by atoms with Gasteiger partial charge in [-0.05, 0) is 13.3 Å². The van der Waals surface area contributed by atoms with Gasteiger partial charge in [0.05, 0.1) is 11.3 Å². The van der Waals surface area contributed by atoms with Crippen molar-refractivity contribution in [3.8, 4) is 6.07 Å². The molecule has 9 heavy (non-hydrogen) atoms. The Hall–Kier alpha value is -0.0700. The number of thioether (sulfide) groups is 1. The quantitative estimate of drug-likeness (QED) is 0.578. The molecule has 50 valence electrons. The average Bonchev–Trinajstić information content (AvgIpc) is 1.87. The standard InChI is InChI=1S/C6H9NS2/c1-3-6(8)9-5(2)4-7/h5H,3H2,1-2H3. The maximum absolute atomic E-state index is 8.35. The predicted molar refractivity (Wildman–Crippen MR) is 45.6 cm³/mol. The van der Waals surface area contributed by atoms with E-state index in [1.807, 2.05) is 13.8 Å². The summed E-state index contributed by atoms with van der Waals surface area (Å²) in [6.45, 7) is 3.85. The molecule has 0 amide bonds. The number of rotatable bonds is 2. The summed E-state index contributed by atoms with van der Waals surface area (Å²) in [5.41, 5.74) is 0. The number of hydrogen-bond donors (Lipinski definition) is 0. The van der Waals surface area contributed by atoms with E-state index in [-0.39, 0.29) is 5.25 Å². The molecule has 0 aliphatic carbocycles. The van der Waals surface area contributed by atoms with E-state index in [1.165, 1.54) is 11.8 Å². The van der Waals surface area contributed by atoms with Gasteiger partial charge in [-0.25, -0.2) is 0 Å². The molecule has 0 radical (unpaired) electrons. The Morgan fingerprint density at radius 3 is 2.78 bits per heavy atom. The Bertz CT molecular complexity index is 136. The Morgan fingerprint density at radius 1 is 1.89 bits per heavy atom. The van der Waals surface area contributed by atoms with Crippen LogP contribution < -0.4 is 0 Å². The third-order valence-corrected chi connectivity index (χ3v) is 2.37. The summed E-state index contributed by atoms with van der Waals surface area (Å²) in [6.07, 6.45) is 0.881. The largest absolute Gasteiger partial charge is 0.197 e. The molecule has 0 aromatic carbocycles. The van der Waals surface area contributed by atoms with Crippen molar-refractivity contribution >= 4 is 28.2 Å². The number of nitriles is 1. The highest BCUT2D eigenvalue weighted by Gasteiger charge is 2.01. The SMILES string of the molecule is CCC(=S)SC(C)C#N. The van der Waals surface area contributed by atoms with Gasteiger partial charge in [0.25, 0.3) is 0 Å².